The van der Waals surface area contributed by atoms with Crippen LogP contribution in [0.15, 0.2) is 0 Å². The molecule has 0 unspecified atom stereocenters. The van der Waals surface area contributed by atoms with E-state index in [0.717, 1.165) is 6.04 Å². The molecule has 0 bridgehead atoms. The Kier molecular flexibility index (Phi) is 7.41. The topological polar surface area (TPSA) is 12.0 Å². The Bertz CT molecular complexity index is 238. The minimum Gasteiger partial charge on any atom is -0.313 e. The average molecular weight is 280 g/mol. The van der Waals surface area contributed by atoms with E-state index in [0.29, 0.717) is 5.41 Å². The van der Waals surface area contributed by atoms with E-state index in [4.69, 9.17) is 0 Å². The van der Waals surface area contributed by atoms with E-state index < -0.39 is 0 Å². The molecule has 1 nitrogen and oxygen atoms in total. The molecular formula is C19H37N. The number of hydrogen-bond donors (Lipinski definition) is 1. The molecule has 0 aromatic carbocycles. The molecule has 2 aliphatic carbocycles. The highest BCUT2D eigenvalue weighted by atomic mass is 15.0. The minimum absolute atomic E-state index is 0.685. The fourth-order valence-corrected chi connectivity index (χ4v) is 3.92. The van der Waals surface area contributed by atoms with Crippen molar-refractivity contribution in [3.8, 4) is 0 Å². The quantitative estimate of drug-likeness (QED) is 0.469. The van der Waals surface area contributed by atoms with Crippen LogP contribution in [-0.2, 0) is 0 Å². The number of rotatable bonds is 11. The third-order valence-corrected chi connectivity index (χ3v) is 5.57. The van der Waals surface area contributed by atoms with Gasteiger partial charge in [-0.2, -0.15) is 0 Å². The summed E-state index contributed by atoms with van der Waals surface area (Å²) < 4.78 is 0. The van der Waals surface area contributed by atoms with Crippen LogP contribution in [0.1, 0.15) is 103 Å². The molecule has 2 rings (SSSR count). The molecule has 0 saturated heterocycles. The van der Waals surface area contributed by atoms with Crippen molar-refractivity contribution in [1.82, 2.24) is 5.32 Å². The summed E-state index contributed by atoms with van der Waals surface area (Å²) in [5, 5.41) is 3.84. The van der Waals surface area contributed by atoms with Crippen LogP contribution in [0.3, 0.4) is 0 Å². The van der Waals surface area contributed by atoms with Crippen molar-refractivity contribution in [2.45, 2.75) is 109 Å². The van der Waals surface area contributed by atoms with Crippen molar-refractivity contribution >= 4 is 0 Å². The maximum atomic E-state index is 3.84. The highest BCUT2D eigenvalue weighted by Crippen LogP contribution is 2.41. The third kappa shape index (κ3) is 6.16. The SMILES string of the molecule is CCCCCCCCCC1(CNC2CC2)CCCCC1. The Balaban J connectivity index is 1.59. The van der Waals surface area contributed by atoms with Crippen LogP contribution >= 0.6 is 0 Å². The van der Waals surface area contributed by atoms with Gasteiger partial charge in [-0.15, -0.1) is 0 Å². The molecule has 0 aromatic rings. The van der Waals surface area contributed by atoms with Crippen LogP contribution in [0.2, 0.25) is 0 Å². The van der Waals surface area contributed by atoms with Gasteiger partial charge >= 0.3 is 0 Å². The van der Waals surface area contributed by atoms with E-state index >= 15 is 0 Å². The number of hydrogen-bond acceptors (Lipinski definition) is 1. The molecule has 0 spiro atoms. The van der Waals surface area contributed by atoms with Crippen LogP contribution in [0.5, 0.6) is 0 Å². The Morgan fingerprint density at radius 2 is 1.50 bits per heavy atom. The summed E-state index contributed by atoms with van der Waals surface area (Å²) in [7, 11) is 0. The van der Waals surface area contributed by atoms with Crippen molar-refractivity contribution < 1.29 is 0 Å². The highest BCUT2D eigenvalue weighted by Gasteiger charge is 2.33. The average Bonchev–Trinajstić information content (AvgIpc) is 3.30. The molecular weight excluding hydrogens is 242 g/mol. The summed E-state index contributed by atoms with van der Waals surface area (Å²) >= 11 is 0. The minimum atomic E-state index is 0.685. The Morgan fingerprint density at radius 3 is 2.15 bits per heavy atom. The van der Waals surface area contributed by atoms with E-state index in [9.17, 15) is 0 Å². The van der Waals surface area contributed by atoms with Gasteiger partial charge in [0.1, 0.15) is 0 Å². The van der Waals surface area contributed by atoms with Gasteiger partial charge in [-0.05, 0) is 37.5 Å². The predicted octanol–water partition coefficient (Wildman–Crippen LogP) is 5.83. The van der Waals surface area contributed by atoms with Crippen molar-refractivity contribution in [2.75, 3.05) is 6.54 Å². The van der Waals surface area contributed by atoms with Gasteiger partial charge in [0.05, 0.1) is 0 Å². The van der Waals surface area contributed by atoms with E-state index in [1.807, 2.05) is 0 Å². The van der Waals surface area contributed by atoms with Crippen molar-refractivity contribution in [3.63, 3.8) is 0 Å². The lowest BCUT2D eigenvalue weighted by atomic mass is 9.70. The maximum Gasteiger partial charge on any atom is 0.00684 e. The molecule has 0 aliphatic heterocycles. The molecule has 0 atom stereocenters. The third-order valence-electron chi connectivity index (χ3n) is 5.57. The van der Waals surface area contributed by atoms with E-state index in [-0.39, 0.29) is 0 Å². The van der Waals surface area contributed by atoms with Gasteiger partial charge in [0.2, 0.25) is 0 Å². The molecule has 2 saturated carbocycles. The summed E-state index contributed by atoms with van der Waals surface area (Å²) in [6, 6.07) is 0.892. The van der Waals surface area contributed by atoms with Crippen LogP contribution in [0.4, 0.5) is 0 Å². The van der Waals surface area contributed by atoms with Crippen molar-refractivity contribution in [2.24, 2.45) is 5.41 Å². The number of nitrogens with one attached hydrogen (secondary N) is 1. The van der Waals surface area contributed by atoms with E-state index in [2.05, 4.69) is 12.2 Å². The fraction of sp³-hybridized carbons (Fsp3) is 1.00. The molecule has 1 heteroatoms. The lowest BCUT2D eigenvalue weighted by Gasteiger charge is -2.38. The fourth-order valence-electron chi connectivity index (χ4n) is 3.92. The largest absolute Gasteiger partial charge is 0.313 e. The van der Waals surface area contributed by atoms with E-state index in [1.54, 1.807) is 0 Å². The maximum absolute atomic E-state index is 3.84. The Labute approximate surface area is 127 Å². The standard InChI is InChI=1S/C19H37N/c1-2-3-4-5-6-7-9-14-19(15-10-8-11-16-19)17-20-18-12-13-18/h18,20H,2-17H2,1H3. The van der Waals surface area contributed by atoms with Crippen LogP contribution in [0, 0.1) is 5.41 Å². The van der Waals surface area contributed by atoms with Gasteiger partial charge in [-0.1, -0.05) is 71.1 Å². The first-order valence-corrected chi connectivity index (χ1v) is 9.58. The van der Waals surface area contributed by atoms with Gasteiger partial charge < -0.3 is 5.32 Å². The monoisotopic (exact) mass is 279 g/mol. The molecule has 0 amide bonds. The smallest absolute Gasteiger partial charge is 0.00684 e. The molecule has 0 radical (unpaired) electrons. The normalized spacial score (nSPS) is 22.1. The van der Waals surface area contributed by atoms with Gasteiger partial charge in [0.25, 0.3) is 0 Å². The Hall–Kier alpha value is -0.0400. The first kappa shape index (κ1) is 16.3. The molecule has 0 aromatic heterocycles. The zero-order valence-corrected chi connectivity index (χ0v) is 13.9. The molecule has 0 heterocycles. The molecule has 118 valence electrons. The summed E-state index contributed by atoms with van der Waals surface area (Å²) in [6.45, 7) is 3.63. The molecule has 2 aliphatic rings. The second-order valence-electron chi connectivity index (χ2n) is 7.59. The predicted molar refractivity (Wildman–Crippen MR) is 89.2 cm³/mol. The van der Waals surface area contributed by atoms with Crippen LogP contribution in [0.25, 0.3) is 0 Å². The summed E-state index contributed by atoms with van der Waals surface area (Å²) in [5.74, 6) is 0. The summed E-state index contributed by atoms with van der Waals surface area (Å²) in [6.07, 6.45) is 22.0. The lowest BCUT2D eigenvalue weighted by molar-refractivity contribution is 0.160. The first-order valence-electron chi connectivity index (χ1n) is 9.58. The Morgan fingerprint density at radius 1 is 0.850 bits per heavy atom. The second kappa shape index (κ2) is 9.07. The van der Waals surface area contributed by atoms with Crippen molar-refractivity contribution in [1.29, 1.82) is 0 Å². The lowest BCUT2D eigenvalue weighted by Crippen LogP contribution is -2.37. The van der Waals surface area contributed by atoms with Crippen LogP contribution < -0.4 is 5.32 Å². The highest BCUT2D eigenvalue weighted by molar-refractivity contribution is 4.89. The number of unbranched alkanes of at least 4 members (excludes halogenated alkanes) is 6. The zero-order chi connectivity index (χ0) is 14.1. The first-order chi connectivity index (χ1) is 9.85. The second-order valence-corrected chi connectivity index (χ2v) is 7.59. The molecule has 2 fully saturated rings. The zero-order valence-electron chi connectivity index (χ0n) is 13.9. The van der Waals surface area contributed by atoms with Gasteiger partial charge in [0.15, 0.2) is 0 Å². The van der Waals surface area contributed by atoms with E-state index in [1.165, 1.54) is 103 Å². The summed E-state index contributed by atoms with van der Waals surface area (Å²) in [4.78, 5) is 0. The van der Waals surface area contributed by atoms with Crippen molar-refractivity contribution in [3.05, 3.63) is 0 Å². The van der Waals surface area contributed by atoms with Gasteiger partial charge in [-0.25, -0.2) is 0 Å². The molecule has 1 N–H and O–H groups in total. The molecule has 20 heavy (non-hydrogen) atoms. The van der Waals surface area contributed by atoms with Gasteiger partial charge in [-0.3, -0.25) is 0 Å². The van der Waals surface area contributed by atoms with Gasteiger partial charge in [0, 0.05) is 12.6 Å². The summed E-state index contributed by atoms with van der Waals surface area (Å²) in [5.41, 5.74) is 0.685. The van der Waals surface area contributed by atoms with Crippen LogP contribution in [-0.4, -0.2) is 12.6 Å².